The lowest BCUT2D eigenvalue weighted by atomic mass is 10.1. The first kappa shape index (κ1) is 27.9. The number of piperidine rings is 1. The number of hydrogen-bond acceptors (Lipinski definition) is 4. The summed E-state index contributed by atoms with van der Waals surface area (Å²) in [4.78, 5) is 6.24. The van der Waals surface area contributed by atoms with E-state index in [2.05, 4.69) is 15.6 Å². The minimum absolute atomic E-state index is 0. The van der Waals surface area contributed by atoms with Gasteiger partial charge in [0.1, 0.15) is 5.82 Å². The van der Waals surface area contributed by atoms with Crippen LogP contribution in [-0.4, -0.2) is 63.7 Å². The SMILES string of the molecule is CCCS(=O)(=O)N1CCC(NC(=NC)NCc2ccc(N(CC)CC)c(F)c2)CC1.I. The third-order valence-electron chi connectivity index (χ3n) is 5.45. The maximum absolute atomic E-state index is 14.5. The Bertz CT molecular complexity index is 810. The van der Waals surface area contributed by atoms with Gasteiger partial charge in [0.05, 0.1) is 11.4 Å². The summed E-state index contributed by atoms with van der Waals surface area (Å²) in [5.74, 6) is 0.623. The van der Waals surface area contributed by atoms with Crippen molar-refractivity contribution < 1.29 is 12.8 Å². The van der Waals surface area contributed by atoms with Gasteiger partial charge in [0.25, 0.3) is 0 Å². The fraction of sp³-hybridized carbons (Fsp3) is 0.667. The van der Waals surface area contributed by atoms with Gasteiger partial charge in [-0.15, -0.1) is 24.0 Å². The number of nitrogens with one attached hydrogen (secondary N) is 2. The van der Waals surface area contributed by atoms with Gasteiger partial charge in [0.2, 0.25) is 10.0 Å². The summed E-state index contributed by atoms with van der Waals surface area (Å²) in [5.41, 5.74) is 1.46. The van der Waals surface area contributed by atoms with Gasteiger partial charge in [-0.2, -0.15) is 0 Å². The molecule has 0 aliphatic carbocycles. The molecule has 2 rings (SSSR count). The normalized spacial score (nSPS) is 16.0. The zero-order valence-electron chi connectivity index (χ0n) is 19.0. The first-order valence-corrected chi connectivity index (χ1v) is 12.4. The van der Waals surface area contributed by atoms with Gasteiger partial charge >= 0.3 is 0 Å². The number of guanidine groups is 1. The van der Waals surface area contributed by atoms with Crippen molar-refractivity contribution in [3.63, 3.8) is 0 Å². The van der Waals surface area contributed by atoms with Gasteiger partial charge in [0.15, 0.2) is 5.96 Å². The molecule has 0 spiro atoms. The molecule has 0 aromatic heterocycles. The summed E-state index contributed by atoms with van der Waals surface area (Å²) < 4.78 is 40.5. The van der Waals surface area contributed by atoms with Crippen LogP contribution in [-0.2, 0) is 16.6 Å². The third-order valence-corrected chi connectivity index (χ3v) is 7.53. The summed E-state index contributed by atoms with van der Waals surface area (Å²) >= 11 is 0. The quantitative estimate of drug-likeness (QED) is 0.272. The van der Waals surface area contributed by atoms with E-state index in [9.17, 15) is 12.8 Å². The van der Waals surface area contributed by atoms with E-state index in [-0.39, 0.29) is 41.6 Å². The van der Waals surface area contributed by atoms with E-state index < -0.39 is 10.0 Å². The largest absolute Gasteiger partial charge is 0.370 e. The van der Waals surface area contributed by atoms with Crippen molar-refractivity contribution in [1.29, 1.82) is 0 Å². The van der Waals surface area contributed by atoms with Crippen molar-refractivity contribution in [1.82, 2.24) is 14.9 Å². The van der Waals surface area contributed by atoms with Crippen LogP contribution in [0, 0.1) is 5.82 Å². The monoisotopic (exact) mass is 569 g/mol. The summed E-state index contributed by atoms with van der Waals surface area (Å²) in [6, 6.07) is 5.47. The van der Waals surface area contributed by atoms with Crippen molar-refractivity contribution in [3.05, 3.63) is 29.6 Å². The highest BCUT2D eigenvalue weighted by Gasteiger charge is 2.27. The average molecular weight is 570 g/mol. The van der Waals surface area contributed by atoms with Gasteiger partial charge in [-0.05, 0) is 50.8 Å². The van der Waals surface area contributed by atoms with Crippen LogP contribution in [0.15, 0.2) is 23.2 Å². The van der Waals surface area contributed by atoms with Crippen LogP contribution in [0.1, 0.15) is 45.6 Å². The molecule has 1 aliphatic rings. The highest BCUT2D eigenvalue weighted by Crippen LogP contribution is 2.20. The number of hydrogen-bond donors (Lipinski definition) is 2. The zero-order valence-corrected chi connectivity index (χ0v) is 22.2. The molecule has 0 unspecified atom stereocenters. The molecule has 1 heterocycles. The number of halogens is 2. The van der Waals surface area contributed by atoms with E-state index in [1.54, 1.807) is 17.4 Å². The average Bonchev–Trinajstić information content (AvgIpc) is 2.73. The lowest BCUT2D eigenvalue weighted by Gasteiger charge is -2.32. The van der Waals surface area contributed by atoms with E-state index >= 15 is 0 Å². The molecule has 31 heavy (non-hydrogen) atoms. The summed E-state index contributed by atoms with van der Waals surface area (Å²) in [5, 5.41) is 6.58. The van der Waals surface area contributed by atoms with Crippen LogP contribution in [0.4, 0.5) is 10.1 Å². The summed E-state index contributed by atoms with van der Waals surface area (Å²) in [6.07, 6.45) is 2.10. The van der Waals surface area contributed by atoms with Gasteiger partial charge in [-0.1, -0.05) is 13.0 Å². The molecule has 7 nitrogen and oxygen atoms in total. The van der Waals surface area contributed by atoms with E-state index in [1.165, 1.54) is 0 Å². The molecule has 0 saturated carbocycles. The minimum atomic E-state index is -3.13. The highest BCUT2D eigenvalue weighted by atomic mass is 127. The Kier molecular flexibility index (Phi) is 12.1. The molecule has 1 fully saturated rings. The van der Waals surface area contributed by atoms with Gasteiger partial charge in [0, 0.05) is 45.8 Å². The first-order valence-electron chi connectivity index (χ1n) is 10.8. The molecule has 0 atom stereocenters. The lowest BCUT2D eigenvalue weighted by Crippen LogP contribution is -2.49. The number of sulfonamides is 1. The van der Waals surface area contributed by atoms with Crippen LogP contribution in [0.25, 0.3) is 0 Å². The van der Waals surface area contributed by atoms with Crippen molar-refractivity contribution in [2.75, 3.05) is 43.9 Å². The van der Waals surface area contributed by atoms with Crippen LogP contribution < -0.4 is 15.5 Å². The van der Waals surface area contributed by atoms with Crippen molar-refractivity contribution in [2.45, 2.75) is 52.6 Å². The van der Waals surface area contributed by atoms with E-state index in [4.69, 9.17) is 0 Å². The van der Waals surface area contributed by atoms with Crippen LogP contribution in [0.5, 0.6) is 0 Å². The predicted molar refractivity (Wildman–Crippen MR) is 137 cm³/mol. The smallest absolute Gasteiger partial charge is 0.214 e. The molecule has 2 N–H and O–H groups in total. The molecule has 1 aromatic carbocycles. The number of aliphatic imine (C=N–C) groups is 1. The highest BCUT2D eigenvalue weighted by molar-refractivity contribution is 14.0. The second-order valence-corrected chi connectivity index (χ2v) is 9.61. The summed E-state index contributed by atoms with van der Waals surface area (Å²) in [7, 11) is -1.44. The van der Waals surface area contributed by atoms with Gasteiger partial charge in [-0.3, -0.25) is 4.99 Å². The fourth-order valence-electron chi connectivity index (χ4n) is 3.72. The second-order valence-electron chi connectivity index (χ2n) is 7.52. The number of anilines is 1. The Morgan fingerprint density at radius 2 is 1.87 bits per heavy atom. The van der Waals surface area contributed by atoms with E-state index in [0.717, 1.165) is 31.5 Å². The Morgan fingerprint density at radius 1 is 1.23 bits per heavy atom. The van der Waals surface area contributed by atoms with Crippen LogP contribution >= 0.6 is 24.0 Å². The molecule has 0 bridgehead atoms. The molecule has 1 aliphatic heterocycles. The first-order chi connectivity index (χ1) is 14.3. The Labute approximate surface area is 203 Å². The molecule has 0 amide bonds. The van der Waals surface area contributed by atoms with Crippen LogP contribution in [0.3, 0.4) is 0 Å². The van der Waals surface area contributed by atoms with Gasteiger partial charge < -0.3 is 15.5 Å². The molecular formula is C21H37FIN5O2S. The van der Waals surface area contributed by atoms with Crippen molar-refractivity contribution >= 4 is 45.6 Å². The fourth-order valence-corrected chi connectivity index (χ4v) is 5.26. The number of benzene rings is 1. The molecule has 1 aromatic rings. The number of nitrogens with zero attached hydrogens (tertiary/aromatic N) is 3. The maximum Gasteiger partial charge on any atom is 0.214 e. The number of rotatable bonds is 9. The molecule has 178 valence electrons. The van der Waals surface area contributed by atoms with E-state index in [1.807, 2.05) is 37.8 Å². The molecule has 1 saturated heterocycles. The molecular weight excluding hydrogens is 532 g/mol. The zero-order chi connectivity index (χ0) is 22.1. The van der Waals surface area contributed by atoms with Gasteiger partial charge in [-0.25, -0.2) is 17.1 Å². The topological polar surface area (TPSA) is 77.0 Å². The molecule has 0 radical (unpaired) electrons. The van der Waals surface area contributed by atoms with Crippen molar-refractivity contribution in [2.24, 2.45) is 4.99 Å². The lowest BCUT2D eigenvalue weighted by molar-refractivity contribution is 0.306. The standard InChI is InChI=1S/C21H36FN5O2S.HI/c1-5-14-30(28,29)27-12-10-18(11-13-27)25-21(23-4)24-16-17-8-9-20(19(22)15-17)26(6-2)7-3;/h8-9,15,18H,5-7,10-14,16H2,1-4H3,(H2,23,24,25);1H. The molecule has 10 heteroatoms. The Morgan fingerprint density at radius 3 is 2.39 bits per heavy atom. The van der Waals surface area contributed by atoms with Crippen molar-refractivity contribution in [3.8, 4) is 0 Å². The summed E-state index contributed by atoms with van der Waals surface area (Å²) in [6.45, 7) is 8.93. The third kappa shape index (κ3) is 8.05. The Hall–Kier alpha value is -1.14. The van der Waals surface area contributed by atoms with E-state index in [0.29, 0.717) is 37.7 Å². The van der Waals surface area contributed by atoms with Crippen LogP contribution in [0.2, 0.25) is 0 Å². The minimum Gasteiger partial charge on any atom is -0.370 e. The second kappa shape index (κ2) is 13.4. The maximum atomic E-state index is 14.5. The predicted octanol–water partition coefficient (Wildman–Crippen LogP) is 3.16. The Balaban J connectivity index is 0.00000480.